The van der Waals surface area contributed by atoms with Crippen LogP contribution in [-0.4, -0.2) is 9.78 Å². The molecule has 0 atom stereocenters. The van der Waals surface area contributed by atoms with Crippen molar-refractivity contribution in [2.45, 2.75) is 60.9 Å². The minimum Gasteiger partial charge on any atom is -0.266 e. The van der Waals surface area contributed by atoms with Gasteiger partial charge in [-0.2, -0.15) is 5.10 Å². The molecule has 0 radical (unpaired) electrons. The van der Waals surface area contributed by atoms with Crippen LogP contribution in [0.15, 0.2) is 12.1 Å². The third-order valence-electron chi connectivity index (χ3n) is 4.15. The zero-order chi connectivity index (χ0) is 15.0. The van der Waals surface area contributed by atoms with E-state index in [2.05, 4.69) is 65.3 Å². The Morgan fingerprint density at radius 1 is 1.05 bits per heavy atom. The molecule has 1 heterocycles. The van der Waals surface area contributed by atoms with E-state index in [1.54, 1.807) is 0 Å². The molecule has 0 aliphatic carbocycles. The molecule has 0 amide bonds. The quantitative estimate of drug-likeness (QED) is 0.629. The predicted octanol–water partition coefficient (Wildman–Crippen LogP) is 4.92. The Morgan fingerprint density at radius 3 is 1.95 bits per heavy atom. The minimum absolute atomic E-state index is 0. The molecule has 0 aliphatic heterocycles. The molecule has 21 heavy (non-hydrogen) atoms. The Kier molecular flexibility index (Phi) is 5.99. The van der Waals surface area contributed by atoms with Crippen molar-refractivity contribution in [3.05, 3.63) is 40.2 Å². The van der Waals surface area contributed by atoms with Crippen LogP contribution in [0.5, 0.6) is 0 Å². The molecule has 0 fully saturated rings. The summed E-state index contributed by atoms with van der Waals surface area (Å²) >= 11 is 0. The van der Waals surface area contributed by atoms with Crippen LogP contribution in [0, 0.1) is 27.7 Å². The van der Waals surface area contributed by atoms with Gasteiger partial charge in [-0.3, -0.25) is 4.68 Å². The summed E-state index contributed by atoms with van der Waals surface area (Å²) in [4.78, 5) is 0. The summed E-state index contributed by atoms with van der Waals surface area (Å²) in [7, 11) is 0. The number of benzene rings is 1. The summed E-state index contributed by atoms with van der Waals surface area (Å²) in [5, 5.41) is 4.70. The number of rotatable bonds is 3. The Hall–Kier alpha value is -0.882. The zero-order valence-electron chi connectivity index (χ0n) is 14.1. The first kappa shape index (κ1) is 18.2. The van der Waals surface area contributed by atoms with Gasteiger partial charge in [0.1, 0.15) is 0 Å². The molecule has 3 heteroatoms. The van der Waals surface area contributed by atoms with Crippen LogP contribution in [0.4, 0.5) is 0 Å². The molecule has 1 aromatic carbocycles. The van der Waals surface area contributed by atoms with Crippen molar-refractivity contribution >= 4 is 0 Å². The summed E-state index contributed by atoms with van der Waals surface area (Å²) in [6, 6.07) is 5.03. The van der Waals surface area contributed by atoms with Crippen molar-refractivity contribution in [2.75, 3.05) is 0 Å². The Bertz CT molecular complexity index is 616. The van der Waals surface area contributed by atoms with Crippen molar-refractivity contribution in [2.24, 2.45) is 0 Å². The predicted molar refractivity (Wildman–Crippen MR) is 86.4 cm³/mol. The van der Waals surface area contributed by atoms with Gasteiger partial charge in [0.25, 0.3) is 0 Å². The summed E-state index contributed by atoms with van der Waals surface area (Å²) in [6.45, 7) is 15.3. The van der Waals surface area contributed by atoms with Gasteiger partial charge in [-0.15, -0.1) is 0 Å². The van der Waals surface area contributed by atoms with Crippen molar-refractivity contribution in [1.82, 2.24) is 9.78 Å². The molecule has 0 spiro atoms. The SMILES string of the molecule is CCc1c(C)cc(-c2c(C)nn(C(C)C)c2C)cc1C.[Pt]. The zero-order valence-corrected chi connectivity index (χ0v) is 16.4. The van der Waals surface area contributed by atoms with E-state index in [9.17, 15) is 0 Å². The van der Waals surface area contributed by atoms with E-state index >= 15 is 0 Å². The van der Waals surface area contributed by atoms with Crippen LogP contribution in [0.2, 0.25) is 0 Å². The van der Waals surface area contributed by atoms with Crippen molar-refractivity contribution < 1.29 is 21.1 Å². The summed E-state index contributed by atoms with van der Waals surface area (Å²) in [6.07, 6.45) is 1.10. The van der Waals surface area contributed by atoms with Gasteiger partial charge in [-0.25, -0.2) is 0 Å². The summed E-state index contributed by atoms with van der Waals surface area (Å²) < 4.78 is 2.13. The maximum Gasteiger partial charge on any atom is 0.0675 e. The van der Waals surface area contributed by atoms with Crippen molar-refractivity contribution in [3.8, 4) is 11.1 Å². The number of aryl methyl sites for hydroxylation is 3. The van der Waals surface area contributed by atoms with E-state index in [1.165, 1.54) is 33.5 Å². The second kappa shape index (κ2) is 6.92. The van der Waals surface area contributed by atoms with E-state index in [0.29, 0.717) is 6.04 Å². The Morgan fingerprint density at radius 2 is 1.57 bits per heavy atom. The smallest absolute Gasteiger partial charge is 0.0675 e. The van der Waals surface area contributed by atoms with Gasteiger partial charge < -0.3 is 0 Å². The minimum atomic E-state index is 0. The van der Waals surface area contributed by atoms with Crippen LogP contribution >= 0.6 is 0 Å². The first-order valence-corrected chi connectivity index (χ1v) is 7.53. The van der Waals surface area contributed by atoms with Gasteiger partial charge in [0, 0.05) is 38.4 Å². The molecule has 0 bridgehead atoms. The average molecular weight is 465 g/mol. The van der Waals surface area contributed by atoms with Gasteiger partial charge in [-0.1, -0.05) is 19.1 Å². The molecule has 0 N–H and O–H groups in total. The summed E-state index contributed by atoms with van der Waals surface area (Å²) in [5.74, 6) is 0. The van der Waals surface area contributed by atoms with Crippen molar-refractivity contribution in [3.63, 3.8) is 0 Å². The standard InChI is InChI=1S/C18H26N2.Pt/c1-8-17-12(4)9-16(10-13(17)5)18-14(6)19-20(11(2)3)15(18)7;/h9-11H,8H2,1-7H3;. The van der Waals surface area contributed by atoms with Gasteiger partial charge in [0.2, 0.25) is 0 Å². The molecule has 2 nitrogen and oxygen atoms in total. The third kappa shape index (κ3) is 3.31. The topological polar surface area (TPSA) is 17.8 Å². The van der Waals surface area contributed by atoms with E-state index < -0.39 is 0 Å². The first-order chi connectivity index (χ1) is 9.36. The van der Waals surface area contributed by atoms with Gasteiger partial charge in [0.05, 0.1) is 5.69 Å². The maximum atomic E-state index is 4.70. The molecule has 0 aliphatic rings. The normalized spacial score (nSPS) is 10.9. The Balaban J connectivity index is 0.00000220. The summed E-state index contributed by atoms with van der Waals surface area (Å²) in [5.41, 5.74) is 9.24. The molecule has 1 aromatic heterocycles. The van der Waals surface area contributed by atoms with E-state index in [1.807, 2.05) is 0 Å². The maximum absolute atomic E-state index is 4.70. The average Bonchev–Trinajstić information content (AvgIpc) is 2.64. The number of hydrogen-bond donors (Lipinski definition) is 0. The fraction of sp³-hybridized carbons (Fsp3) is 0.500. The van der Waals surface area contributed by atoms with Crippen LogP contribution < -0.4 is 0 Å². The molecular weight excluding hydrogens is 439 g/mol. The molecule has 2 rings (SSSR count). The number of nitrogens with zero attached hydrogens (tertiary/aromatic N) is 2. The second-order valence-corrected chi connectivity index (χ2v) is 6.03. The van der Waals surface area contributed by atoms with Crippen LogP contribution in [0.3, 0.4) is 0 Å². The van der Waals surface area contributed by atoms with Gasteiger partial charge >= 0.3 is 0 Å². The number of hydrogen-bond acceptors (Lipinski definition) is 1. The largest absolute Gasteiger partial charge is 0.266 e. The molecule has 0 unspecified atom stereocenters. The third-order valence-corrected chi connectivity index (χ3v) is 4.15. The molecule has 118 valence electrons. The molecular formula is C18H26N2Pt. The monoisotopic (exact) mass is 465 g/mol. The fourth-order valence-corrected chi connectivity index (χ4v) is 3.28. The number of aromatic nitrogens is 2. The van der Waals surface area contributed by atoms with Crippen LogP contribution in [-0.2, 0) is 27.5 Å². The van der Waals surface area contributed by atoms with Gasteiger partial charge in [-0.05, 0) is 70.2 Å². The van der Waals surface area contributed by atoms with Gasteiger partial charge in [0.15, 0.2) is 0 Å². The molecule has 0 saturated heterocycles. The van der Waals surface area contributed by atoms with Crippen LogP contribution in [0.1, 0.15) is 54.9 Å². The van der Waals surface area contributed by atoms with Crippen molar-refractivity contribution in [1.29, 1.82) is 0 Å². The molecule has 0 saturated carbocycles. The first-order valence-electron chi connectivity index (χ1n) is 7.53. The van der Waals surface area contributed by atoms with E-state index in [4.69, 9.17) is 5.10 Å². The molecule has 2 aromatic rings. The second-order valence-electron chi connectivity index (χ2n) is 6.03. The van der Waals surface area contributed by atoms with Crippen LogP contribution in [0.25, 0.3) is 11.1 Å². The Labute approximate surface area is 143 Å². The van der Waals surface area contributed by atoms with E-state index in [0.717, 1.165) is 12.1 Å². The van der Waals surface area contributed by atoms with E-state index in [-0.39, 0.29) is 21.1 Å². The fourth-order valence-electron chi connectivity index (χ4n) is 3.28.